The summed E-state index contributed by atoms with van der Waals surface area (Å²) in [4.78, 5) is 0.438. The Hall–Kier alpha value is -0.620. The molecule has 1 aromatic rings. The first-order valence-electron chi connectivity index (χ1n) is 6.29. The van der Waals surface area contributed by atoms with Crippen LogP contribution in [0, 0.1) is 6.92 Å². The van der Waals surface area contributed by atoms with Crippen molar-refractivity contribution < 1.29 is 8.42 Å². The maximum absolute atomic E-state index is 12.5. The molecule has 1 N–H and O–H groups in total. The van der Waals surface area contributed by atoms with Crippen LogP contribution < -0.4 is 5.32 Å². The Bertz CT molecular complexity index is 511. The second-order valence-electron chi connectivity index (χ2n) is 4.73. The zero-order valence-corrected chi connectivity index (χ0v) is 12.9. The Balaban J connectivity index is 0.00000180. The number of nitrogens with one attached hydrogen (secondary N) is 1. The van der Waals surface area contributed by atoms with E-state index in [1.54, 1.807) is 16.4 Å². The molecule has 1 saturated heterocycles. The lowest BCUT2D eigenvalue weighted by Crippen LogP contribution is -2.44. The summed E-state index contributed by atoms with van der Waals surface area (Å²) in [5, 5.41) is 3.21. The summed E-state index contributed by atoms with van der Waals surface area (Å²) >= 11 is 0. The van der Waals surface area contributed by atoms with Crippen LogP contribution >= 0.6 is 12.4 Å². The standard InChI is InChI=1S/C13H20N2O2S.ClH/c1-11-5-3-4-6-13(11)18(16,17)15-9-7-12(14-2)8-10-15;/h3-6,12,14H,7-10H2,1-2H3;1H. The Morgan fingerprint density at radius 2 is 1.79 bits per heavy atom. The monoisotopic (exact) mass is 304 g/mol. The highest BCUT2D eigenvalue weighted by Gasteiger charge is 2.29. The van der Waals surface area contributed by atoms with Gasteiger partial charge in [-0.25, -0.2) is 8.42 Å². The lowest BCUT2D eigenvalue weighted by atomic mass is 10.1. The van der Waals surface area contributed by atoms with Crippen LogP contribution in [0.2, 0.25) is 0 Å². The highest BCUT2D eigenvalue weighted by atomic mass is 35.5. The largest absolute Gasteiger partial charge is 0.317 e. The van der Waals surface area contributed by atoms with E-state index in [1.165, 1.54) is 0 Å². The van der Waals surface area contributed by atoms with Crippen LogP contribution in [0.4, 0.5) is 0 Å². The Labute approximate surface area is 121 Å². The fourth-order valence-electron chi connectivity index (χ4n) is 2.37. The van der Waals surface area contributed by atoms with E-state index in [-0.39, 0.29) is 12.4 Å². The van der Waals surface area contributed by atoms with Gasteiger partial charge in [-0.05, 0) is 38.4 Å². The summed E-state index contributed by atoms with van der Waals surface area (Å²) in [7, 11) is -1.39. The summed E-state index contributed by atoms with van der Waals surface area (Å²) in [6, 6.07) is 7.61. The van der Waals surface area contributed by atoms with E-state index in [4.69, 9.17) is 0 Å². The SMILES string of the molecule is CNC1CCN(S(=O)(=O)c2ccccc2C)CC1.Cl. The van der Waals surface area contributed by atoms with Gasteiger partial charge in [-0.1, -0.05) is 18.2 Å². The number of hydrogen-bond acceptors (Lipinski definition) is 3. The fourth-order valence-corrected chi connectivity index (χ4v) is 4.06. The first kappa shape index (κ1) is 16.4. The van der Waals surface area contributed by atoms with Crippen LogP contribution in [0.25, 0.3) is 0 Å². The first-order chi connectivity index (χ1) is 8.55. The van der Waals surface area contributed by atoms with Gasteiger partial charge < -0.3 is 5.32 Å². The molecule has 0 aliphatic carbocycles. The average Bonchev–Trinajstić information content (AvgIpc) is 2.39. The minimum Gasteiger partial charge on any atom is -0.317 e. The Morgan fingerprint density at radius 1 is 1.21 bits per heavy atom. The van der Waals surface area contributed by atoms with Crippen molar-refractivity contribution in [1.82, 2.24) is 9.62 Å². The van der Waals surface area contributed by atoms with Gasteiger partial charge in [-0.3, -0.25) is 0 Å². The highest BCUT2D eigenvalue weighted by molar-refractivity contribution is 7.89. The number of rotatable bonds is 3. The number of sulfonamides is 1. The molecule has 2 rings (SSSR count). The molecule has 1 aliphatic rings. The van der Waals surface area contributed by atoms with Gasteiger partial charge >= 0.3 is 0 Å². The molecule has 0 atom stereocenters. The predicted molar refractivity (Wildman–Crippen MR) is 79.3 cm³/mol. The van der Waals surface area contributed by atoms with Gasteiger partial charge in [0.15, 0.2) is 0 Å². The van der Waals surface area contributed by atoms with Crippen LogP contribution in [-0.2, 0) is 10.0 Å². The zero-order chi connectivity index (χ0) is 13.2. The predicted octanol–water partition coefficient (Wildman–Crippen LogP) is 1.79. The topological polar surface area (TPSA) is 49.4 Å². The van der Waals surface area contributed by atoms with Gasteiger partial charge in [-0.2, -0.15) is 4.31 Å². The Kier molecular flexibility index (Phi) is 5.80. The quantitative estimate of drug-likeness (QED) is 0.926. The molecule has 1 aromatic carbocycles. The number of piperidine rings is 1. The van der Waals surface area contributed by atoms with E-state index in [1.807, 2.05) is 26.1 Å². The molecule has 6 heteroatoms. The summed E-state index contributed by atoms with van der Waals surface area (Å²) in [5.41, 5.74) is 0.813. The lowest BCUT2D eigenvalue weighted by Gasteiger charge is -2.31. The van der Waals surface area contributed by atoms with Gasteiger partial charge in [0, 0.05) is 19.1 Å². The summed E-state index contributed by atoms with van der Waals surface area (Å²) < 4.78 is 26.6. The summed E-state index contributed by atoms with van der Waals surface area (Å²) in [6.07, 6.45) is 1.75. The molecule has 1 aliphatic heterocycles. The number of benzene rings is 1. The highest BCUT2D eigenvalue weighted by Crippen LogP contribution is 2.22. The van der Waals surface area contributed by atoms with E-state index in [0.717, 1.165) is 18.4 Å². The smallest absolute Gasteiger partial charge is 0.243 e. The van der Waals surface area contributed by atoms with Crippen molar-refractivity contribution >= 4 is 22.4 Å². The second kappa shape index (κ2) is 6.70. The van der Waals surface area contributed by atoms with Crippen LogP contribution in [0.3, 0.4) is 0 Å². The fraction of sp³-hybridized carbons (Fsp3) is 0.538. The molecule has 0 amide bonds. The Morgan fingerprint density at radius 3 is 2.32 bits per heavy atom. The van der Waals surface area contributed by atoms with Crippen LogP contribution in [0.1, 0.15) is 18.4 Å². The van der Waals surface area contributed by atoms with Gasteiger partial charge in [-0.15, -0.1) is 12.4 Å². The normalized spacial score (nSPS) is 18.0. The molecule has 19 heavy (non-hydrogen) atoms. The molecule has 0 unspecified atom stereocenters. The third-order valence-corrected chi connectivity index (χ3v) is 5.63. The summed E-state index contributed by atoms with van der Waals surface area (Å²) in [5.74, 6) is 0. The maximum atomic E-state index is 12.5. The number of aryl methyl sites for hydroxylation is 1. The second-order valence-corrected chi connectivity index (χ2v) is 6.64. The van der Waals surface area contributed by atoms with Crippen LogP contribution in [-0.4, -0.2) is 38.9 Å². The van der Waals surface area contributed by atoms with Crippen molar-refractivity contribution in [3.8, 4) is 0 Å². The van der Waals surface area contributed by atoms with Crippen molar-refractivity contribution in [2.24, 2.45) is 0 Å². The van der Waals surface area contributed by atoms with Gasteiger partial charge in [0.2, 0.25) is 10.0 Å². The van der Waals surface area contributed by atoms with E-state index >= 15 is 0 Å². The molecule has 0 aromatic heterocycles. The lowest BCUT2D eigenvalue weighted by molar-refractivity contribution is 0.298. The molecular formula is C13H21ClN2O2S. The van der Waals surface area contributed by atoms with Crippen LogP contribution in [0.15, 0.2) is 29.2 Å². The average molecular weight is 305 g/mol. The third-order valence-electron chi connectivity index (χ3n) is 3.57. The number of halogens is 1. The van der Waals surface area contributed by atoms with E-state index in [2.05, 4.69) is 5.32 Å². The zero-order valence-electron chi connectivity index (χ0n) is 11.3. The molecule has 108 valence electrons. The molecule has 4 nitrogen and oxygen atoms in total. The molecule has 0 radical (unpaired) electrons. The minimum atomic E-state index is -3.32. The van der Waals surface area contributed by atoms with Crippen molar-refractivity contribution in [1.29, 1.82) is 0 Å². The third kappa shape index (κ3) is 3.48. The first-order valence-corrected chi connectivity index (χ1v) is 7.73. The molecular weight excluding hydrogens is 284 g/mol. The molecule has 1 fully saturated rings. The van der Waals surface area contributed by atoms with Crippen molar-refractivity contribution in [2.45, 2.75) is 30.7 Å². The molecule has 0 spiro atoms. The van der Waals surface area contributed by atoms with Gasteiger partial charge in [0.05, 0.1) is 4.90 Å². The van der Waals surface area contributed by atoms with E-state index in [0.29, 0.717) is 24.0 Å². The maximum Gasteiger partial charge on any atom is 0.243 e. The summed E-state index contributed by atoms with van der Waals surface area (Å²) in [6.45, 7) is 3.04. The van der Waals surface area contributed by atoms with Crippen LogP contribution in [0.5, 0.6) is 0 Å². The van der Waals surface area contributed by atoms with Gasteiger partial charge in [0.25, 0.3) is 0 Å². The van der Waals surface area contributed by atoms with Crippen molar-refractivity contribution in [2.75, 3.05) is 20.1 Å². The number of nitrogens with zero attached hydrogens (tertiary/aromatic N) is 1. The molecule has 0 saturated carbocycles. The van der Waals surface area contributed by atoms with E-state index < -0.39 is 10.0 Å². The van der Waals surface area contributed by atoms with Gasteiger partial charge in [0.1, 0.15) is 0 Å². The minimum absolute atomic E-state index is 0. The molecule has 0 bridgehead atoms. The van der Waals surface area contributed by atoms with Crippen molar-refractivity contribution in [3.63, 3.8) is 0 Å². The van der Waals surface area contributed by atoms with E-state index in [9.17, 15) is 8.42 Å². The number of hydrogen-bond donors (Lipinski definition) is 1. The van der Waals surface area contributed by atoms with Crippen molar-refractivity contribution in [3.05, 3.63) is 29.8 Å². The molecule has 1 heterocycles.